The number of fused-ring (bicyclic) bond motifs is 1. The second-order valence-corrected chi connectivity index (χ2v) is 5.88. The van der Waals surface area contributed by atoms with E-state index in [4.69, 9.17) is 0 Å². The lowest BCUT2D eigenvalue weighted by Gasteiger charge is -2.23. The van der Waals surface area contributed by atoms with Crippen LogP contribution in [0.15, 0.2) is 42.5 Å². The standard InChI is InChI=1S/C19H20O/c1-13-7-8-15(11-14(13)2)12-17-10-9-16-5-3-4-6-18(16)19(17)20/h3-8,11,17H,9-10,12H2,1-2H3. The summed E-state index contributed by atoms with van der Waals surface area (Å²) in [4.78, 5) is 12.6. The Balaban J connectivity index is 1.83. The summed E-state index contributed by atoms with van der Waals surface area (Å²) in [6.07, 6.45) is 2.87. The first kappa shape index (κ1) is 13.1. The number of rotatable bonds is 2. The highest BCUT2D eigenvalue weighted by Crippen LogP contribution is 2.28. The van der Waals surface area contributed by atoms with Crippen LogP contribution in [0.5, 0.6) is 0 Å². The van der Waals surface area contributed by atoms with Crippen LogP contribution >= 0.6 is 0 Å². The van der Waals surface area contributed by atoms with Crippen molar-refractivity contribution in [3.8, 4) is 0 Å². The summed E-state index contributed by atoms with van der Waals surface area (Å²) in [5.41, 5.74) is 6.06. The van der Waals surface area contributed by atoms with Crippen LogP contribution in [0, 0.1) is 19.8 Å². The number of carbonyl (C=O) groups is 1. The molecule has 0 radical (unpaired) electrons. The van der Waals surface area contributed by atoms with Gasteiger partial charge in [0.2, 0.25) is 0 Å². The molecule has 20 heavy (non-hydrogen) atoms. The predicted octanol–water partition coefficient (Wildman–Crippen LogP) is 4.29. The highest BCUT2D eigenvalue weighted by Gasteiger charge is 2.26. The number of carbonyl (C=O) groups excluding carboxylic acids is 1. The van der Waals surface area contributed by atoms with E-state index < -0.39 is 0 Å². The third-order valence-corrected chi connectivity index (χ3v) is 4.47. The molecule has 2 aromatic rings. The minimum Gasteiger partial charge on any atom is -0.294 e. The van der Waals surface area contributed by atoms with Gasteiger partial charge in [0.25, 0.3) is 0 Å². The van der Waals surface area contributed by atoms with Gasteiger partial charge in [-0.05, 0) is 55.4 Å². The maximum Gasteiger partial charge on any atom is 0.166 e. The molecule has 0 fully saturated rings. The number of ketones is 1. The van der Waals surface area contributed by atoms with Crippen LogP contribution in [0.25, 0.3) is 0 Å². The van der Waals surface area contributed by atoms with Gasteiger partial charge in [-0.15, -0.1) is 0 Å². The molecule has 1 nitrogen and oxygen atoms in total. The first-order chi connectivity index (χ1) is 9.65. The number of benzene rings is 2. The maximum absolute atomic E-state index is 12.6. The molecule has 0 N–H and O–H groups in total. The third kappa shape index (κ3) is 2.40. The summed E-state index contributed by atoms with van der Waals surface area (Å²) in [6.45, 7) is 4.26. The van der Waals surface area contributed by atoms with E-state index >= 15 is 0 Å². The van der Waals surface area contributed by atoms with Crippen molar-refractivity contribution < 1.29 is 4.79 Å². The lowest BCUT2D eigenvalue weighted by atomic mass is 9.79. The average Bonchev–Trinajstić information content (AvgIpc) is 2.46. The van der Waals surface area contributed by atoms with Gasteiger partial charge in [0.05, 0.1) is 0 Å². The van der Waals surface area contributed by atoms with Crippen molar-refractivity contribution in [2.45, 2.75) is 33.1 Å². The number of hydrogen-bond donors (Lipinski definition) is 0. The number of hydrogen-bond acceptors (Lipinski definition) is 1. The van der Waals surface area contributed by atoms with E-state index in [9.17, 15) is 4.79 Å². The third-order valence-electron chi connectivity index (χ3n) is 4.47. The topological polar surface area (TPSA) is 17.1 Å². The molecule has 102 valence electrons. The first-order valence-corrected chi connectivity index (χ1v) is 7.33. The van der Waals surface area contributed by atoms with E-state index in [2.05, 4.69) is 38.1 Å². The Hall–Kier alpha value is -1.89. The summed E-state index contributed by atoms with van der Waals surface area (Å²) in [5, 5.41) is 0. The molecule has 0 saturated heterocycles. The first-order valence-electron chi connectivity index (χ1n) is 7.33. The Morgan fingerprint density at radius 2 is 1.85 bits per heavy atom. The zero-order valence-corrected chi connectivity index (χ0v) is 12.1. The second-order valence-electron chi connectivity index (χ2n) is 5.88. The highest BCUT2D eigenvalue weighted by molar-refractivity contribution is 6.00. The highest BCUT2D eigenvalue weighted by atomic mass is 16.1. The monoisotopic (exact) mass is 264 g/mol. The van der Waals surface area contributed by atoms with Crippen molar-refractivity contribution in [1.29, 1.82) is 0 Å². The van der Waals surface area contributed by atoms with Crippen LogP contribution in [0.1, 0.15) is 39.0 Å². The Morgan fingerprint density at radius 1 is 1.05 bits per heavy atom. The zero-order chi connectivity index (χ0) is 14.1. The van der Waals surface area contributed by atoms with Crippen molar-refractivity contribution in [2.24, 2.45) is 5.92 Å². The van der Waals surface area contributed by atoms with Gasteiger partial charge in [-0.2, -0.15) is 0 Å². The van der Waals surface area contributed by atoms with E-state index in [-0.39, 0.29) is 5.92 Å². The number of aryl methyl sites for hydroxylation is 3. The SMILES string of the molecule is Cc1ccc(CC2CCc3ccccc3C2=O)cc1C. The summed E-state index contributed by atoms with van der Waals surface area (Å²) < 4.78 is 0. The molecule has 2 aromatic carbocycles. The molecule has 0 heterocycles. The van der Waals surface area contributed by atoms with Gasteiger partial charge in [-0.1, -0.05) is 42.5 Å². The Morgan fingerprint density at radius 3 is 2.65 bits per heavy atom. The van der Waals surface area contributed by atoms with Crippen molar-refractivity contribution in [1.82, 2.24) is 0 Å². The summed E-state index contributed by atoms with van der Waals surface area (Å²) in [6, 6.07) is 14.6. The minimum absolute atomic E-state index is 0.145. The molecule has 1 unspecified atom stereocenters. The van der Waals surface area contributed by atoms with Crippen LogP contribution in [0.4, 0.5) is 0 Å². The fraction of sp³-hybridized carbons (Fsp3) is 0.316. The Labute approximate surface area is 120 Å². The van der Waals surface area contributed by atoms with E-state index in [1.807, 2.05) is 18.2 Å². The van der Waals surface area contributed by atoms with E-state index in [1.165, 1.54) is 22.3 Å². The largest absolute Gasteiger partial charge is 0.294 e. The van der Waals surface area contributed by atoms with E-state index in [1.54, 1.807) is 0 Å². The van der Waals surface area contributed by atoms with Crippen molar-refractivity contribution in [3.63, 3.8) is 0 Å². The molecule has 0 saturated carbocycles. The normalized spacial score (nSPS) is 17.9. The zero-order valence-electron chi connectivity index (χ0n) is 12.1. The average molecular weight is 264 g/mol. The molecule has 0 aromatic heterocycles. The van der Waals surface area contributed by atoms with Crippen LogP contribution in [0.2, 0.25) is 0 Å². The minimum atomic E-state index is 0.145. The quantitative estimate of drug-likeness (QED) is 0.790. The van der Waals surface area contributed by atoms with Gasteiger partial charge in [-0.3, -0.25) is 4.79 Å². The lowest BCUT2D eigenvalue weighted by molar-refractivity contribution is 0.0901. The smallest absolute Gasteiger partial charge is 0.166 e. The predicted molar refractivity (Wildman–Crippen MR) is 82.2 cm³/mol. The van der Waals surface area contributed by atoms with Crippen LogP contribution in [0.3, 0.4) is 0 Å². The van der Waals surface area contributed by atoms with Gasteiger partial charge in [-0.25, -0.2) is 0 Å². The molecular weight excluding hydrogens is 244 g/mol. The summed E-state index contributed by atoms with van der Waals surface area (Å²) in [5.74, 6) is 0.470. The molecular formula is C19H20O. The van der Waals surface area contributed by atoms with E-state index in [0.717, 1.165) is 24.8 Å². The van der Waals surface area contributed by atoms with E-state index in [0.29, 0.717) is 5.78 Å². The maximum atomic E-state index is 12.6. The Bertz CT molecular complexity index is 655. The van der Waals surface area contributed by atoms with Crippen molar-refractivity contribution in [2.75, 3.05) is 0 Å². The molecule has 1 heteroatoms. The molecule has 0 aliphatic heterocycles. The van der Waals surface area contributed by atoms with Crippen LogP contribution < -0.4 is 0 Å². The fourth-order valence-corrected chi connectivity index (χ4v) is 3.07. The summed E-state index contributed by atoms with van der Waals surface area (Å²) in [7, 11) is 0. The van der Waals surface area contributed by atoms with Crippen molar-refractivity contribution in [3.05, 3.63) is 70.3 Å². The molecule has 0 amide bonds. The molecule has 0 spiro atoms. The molecule has 1 atom stereocenters. The fourth-order valence-electron chi connectivity index (χ4n) is 3.07. The molecule has 0 bridgehead atoms. The van der Waals surface area contributed by atoms with Crippen LogP contribution in [-0.4, -0.2) is 5.78 Å². The second kappa shape index (κ2) is 5.24. The molecule has 1 aliphatic rings. The van der Waals surface area contributed by atoms with Gasteiger partial charge in [0.1, 0.15) is 0 Å². The van der Waals surface area contributed by atoms with Gasteiger partial charge < -0.3 is 0 Å². The summed E-state index contributed by atoms with van der Waals surface area (Å²) >= 11 is 0. The Kier molecular flexibility index (Phi) is 3.43. The van der Waals surface area contributed by atoms with Crippen LogP contribution in [-0.2, 0) is 12.8 Å². The van der Waals surface area contributed by atoms with Gasteiger partial charge >= 0.3 is 0 Å². The van der Waals surface area contributed by atoms with Gasteiger partial charge in [0.15, 0.2) is 5.78 Å². The number of Topliss-reactive ketones (excluding diaryl/α,β-unsaturated/α-hetero) is 1. The lowest BCUT2D eigenvalue weighted by Crippen LogP contribution is -2.24. The van der Waals surface area contributed by atoms with Gasteiger partial charge in [0, 0.05) is 11.5 Å². The molecule has 3 rings (SSSR count). The molecule has 1 aliphatic carbocycles. The van der Waals surface area contributed by atoms with Crippen molar-refractivity contribution >= 4 is 5.78 Å².